The highest BCUT2D eigenvalue weighted by atomic mass is 32.2. The summed E-state index contributed by atoms with van der Waals surface area (Å²) in [4.78, 5) is 41.1. The Labute approximate surface area is 172 Å². The molecule has 0 bridgehead atoms. The summed E-state index contributed by atoms with van der Waals surface area (Å²) in [6, 6.07) is 16.5. The van der Waals surface area contributed by atoms with Crippen LogP contribution in [0.5, 0.6) is 0 Å². The van der Waals surface area contributed by atoms with Gasteiger partial charge in [0.1, 0.15) is 6.54 Å². The Bertz CT molecular complexity index is 1080. The standard InChI is InChI=1S/C21H21N3O4S/c1-14(15-8-4-3-5-9-15)24-20(27)16-10-6-7-11-17(16)23-21(24)29-13-18(25)22-12-19(26)28-2/h3-11,14H,12-13H2,1-2H3,(H,22,25)/t14-/m1/s1. The number of ether oxygens (including phenoxy) is 1. The lowest BCUT2D eigenvalue weighted by molar-refractivity contribution is -0.140. The maximum absolute atomic E-state index is 13.2. The fraction of sp³-hybridized carbons (Fsp3) is 0.238. The summed E-state index contributed by atoms with van der Waals surface area (Å²) in [6.07, 6.45) is 0. The first-order chi connectivity index (χ1) is 14.0. The van der Waals surface area contributed by atoms with Crippen LogP contribution < -0.4 is 10.9 Å². The van der Waals surface area contributed by atoms with Gasteiger partial charge in [0.25, 0.3) is 5.56 Å². The number of hydrogen-bond acceptors (Lipinski definition) is 6. The Morgan fingerprint density at radius 2 is 1.83 bits per heavy atom. The molecule has 1 N–H and O–H groups in total. The summed E-state index contributed by atoms with van der Waals surface area (Å²) in [5, 5.41) is 3.45. The molecule has 0 aliphatic heterocycles. The first kappa shape index (κ1) is 20.6. The molecule has 0 aliphatic rings. The first-order valence-electron chi connectivity index (χ1n) is 9.03. The van der Waals surface area contributed by atoms with E-state index in [1.54, 1.807) is 22.8 Å². The predicted molar refractivity (Wildman–Crippen MR) is 112 cm³/mol. The van der Waals surface area contributed by atoms with E-state index in [-0.39, 0.29) is 29.8 Å². The molecule has 8 heteroatoms. The minimum atomic E-state index is -0.526. The highest BCUT2D eigenvalue weighted by Gasteiger charge is 2.19. The number of para-hydroxylation sites is 1. The highest BCUT2D eigenvalue weighted by molar-refractivity contribution is 7.99. The third-order valence-electron chi connectivity index (χ3n) is 4.43. The molecule has 1 amide bonds. The number of carbonyl (C=O) groups is 2. The van der Waals surface area contributed by atoms with Crippen LogP contribution in [0.2, 0.25) is 0 Å². The monoisotopic (exact) mass is 411 g/mol. The van der Waals surface area contributed by atoms with E-state index in [0.717, 1.165) is 17.3 Å². The van der Waals surface area contributed by atoms with Crippen LogP contribution in [0.3, 0.4) is 0 Å². The van der Waals surface area contributed by atoms with Crippen LogP contribution in [0.15, 0.2) is 64.5 Å². The van der Waals surface area contributed by atoms with Crippen molar-refractivity contribution in [3.63, 3.8) is 0 Å². The number of thioether (sulfide) groups is 1. The number of amides is 1. The maximum Gasteiger partial charge on any atom is 0.325 e. The van der Waals surface area contributed by atoms with Gasteiger partial charge in [-0.3, -0.25) is 19.0 Å². The van der Waals surface area contributed by atoms with Gasteiger partial charge in [0.2, 0.25) is 5.91 Å². The third-order valence-corrected chi connectivity index (χ3v) is 5.39. The molecule has 0 saturated carbocycles. The minimum absolute atomic E-state index is 0.0171. The van der Waals surface area contributed by atoms with E-state index < -0.39 is 5.97 Å². The zero-order chi connectivity index (χ0) is 20.8. The number of fused-ring (bicyclic) bond motifs is 1. The lowest BCUT2D eigenvalue weighted by atomic mass is 10.1. The maximum atomic E-state index is 13.2. The third kappa shape index (κ3) is 4.83. The number of nitrogens with one attached hydrogen (secondary N) is 1. The molecule has 0 aliphatic carbocycles. The number of nitrogens with zero attached hydrogens (tertiary/aromatic N) is 2. The number of aromatic nitrogens is 2. The van der Waals surface area contributed by atoms with Crippen molar-refractivity contribution in [2.75, 3.05) is 19.4 Å². The van der Waals surface area contributed by atoms with Crippen molar-refractivity contribution >= 4 is 34.5 Å². The largest absolute Gasteiger partial charge is 0.468 e. The van der Waals surface area contributed by atoms with Gasteiger partial charge in [0, 0.05) is 0 Å². The zero-order valence-corrected chi connectivity index (χ0v) is 16.9. The van der Waals surface area contributed by atoms with Crippen LogP contribution in [-0.4, -0.2) is 40.8 Å². The molecule has 150 valence electrons. The van der Waals surface area contributed by atoms with E-state index >= 15 is 0 Å². The topological polar surface area (TPSA) is 90.3 Å². The number of carbonyl (C=O) groups excluding carboxylic acids is 2. The van der Waals surface area contributed by atoms with Crippen LogP contribution in [0.25, 0.3) is 10.9 Å². The number of methoxy groups -OCH3 is 1. The second-order valence-corrected chi connectivity index (χ2v) is 7.26. The van der Waals surface area contributed by atoms with Crippen molar-refractivity contribution in [1.29, 1.82) is 0 Å². The van der Waals surface area contributed by atoms with Gasteiger partial charge in [0.05, 0.1) is 29.8 Å². The van der Waals surface area contributed by atoms with Gasteiger partial charge in [-0.25, -0.2) is 4.98 Å². The first-order valence-corrected chi connectivity index (χ1v) is 10.0. The van der Waals surface area contributed by atoms with Gasteiger partial charge in [-0.1, -0.05) is 54.2 Å². The molecule has 0 saturated heterocycles. The predicted octanol–water partition coefficient (Wildman–Crippen LogP) is 2.39. The van der Waals surface area contributed by atoms with E-state index in [2.05, 4.69) is 15.0 Å². The quantitative estimate of drug-likeness (QED) is 0.365. The van der Waals surface area contributed by atoms with Crippen molar-refractivity contribution in [1.82, 2.24) is 14.9 Å². The summed E-state index contributed by atoms with van der Waals surface area (Å²) in [6.45, 7) is 1.73. The molecule has 0 fully saturated rings. The summed E-state index contributed by atoms with van der Waals surface area (Å²) < 4.78 is 6.12. The Morgan fingerprint density at radius 1 is 1.14 bits per heavy atom. The molecule has 3 rings (SSSR count). The van der Waals surface area contributed by atoms with Crippen molar-refractivity contribution in [2.24, 2.45) is 0 Å². The Kier molecular flexibility index (Phi) is 6.66. The summed E-state index contributed by atoms with van der Waals surface area (Å²) in [7, 11) is 1.26. The van der Waals surface area contributed by atoms with Crippen LogP contribution >= 0.6 is 11.8 Å². The second kappa shape index (κ2) is 9.38. The van der Waals surface area contributed by atoms with E-state index in [1.165, 1.54) is 7.11 Å². The van der Waals surface area contributed by atoms with Gasteiger partial charge >= 0.3 is 5.97 Å². The molecular formula is C21H21N3O4S. The van der Waals surface area contributed by atoms with Crippen LogP contribution in [0.4, 0.5) is 0 Å². The van der Waals surface area contributed by atoms with Crippen LogP contribution in [-0.2, 0) is 14.3 Å². The minimum Gasteiger partial charge on any atom is -0.468 e. The second-order valence-electron chi connectivity index (χ2n) is 6.31. The van der Waals surface area contributed by atoms with E-state index in [9.17, 15) is 14.4 Å². The van der Waals surface area contributed by atoms with Crippen LogP contribution in [0.1, 0.15) is 18.5 Å². The molecule has 1 heterocycles. The van der Waals surface area contributed by atoms with Gasteiger partial charge in [-0.2, -0.15) is 0 Å². The molecule has 7 nitrogen and oxygen atoms in total. The zero-order valence-electron chi connectivity index (χ0n) is 16.1. The van der Waals surface area contributed by atoms with Crippen LogP contribution in [0, 0.1) is 0 Å². The SMILES string of the molecule is COC(=O)CNC(=O)CSc1nc2ccccc2c(=O)n1[C@H](C)c1ccccc1. The molecular weight excluding hydrogens is 390 g/mol. The van der Waals surface area contributed by atoms with Gasteiger partial charge in [0.15, 0.2) is 5.16 Å². The fourth-order valence-electron chi connectivity index (χ4n) is 2.87. The van der Waals surface area contributed by atoms with Crippen molar-refractivity contribution in [2.45, 2.75) is 18.1 Å². The van der Waals surface area contributed by atoms with E-state index in [1.807, 2.05) is 43.3 Å². The Morgan fingerprint density at radius 3 is 2.55 bits per heavy atom. The van der Waals surface area contributed by atoms with Crippen molar-refractivity contribution in [3.8, 4) is 0 Å². The van der Waals surface area contributed by atoms with Gasteiger partial charge in [-0.15, -0.1) is 0 Å². The summed E-state index contributed by atoms with van der Waals surface area (Å²) >= 11 is 1.15. The molecule has 2 aromatic carbocycles. The number of benzene rings is 2. The average molecular weight is 411 g/mol. The normalized spacial score (nSPS) is 11.8. The molecule has 3 aromatic rings. The fourth-order valence-corrected chi connectivity index (χ4v) is 3.78. The van der Waals surface area contributed by atoms with Gasteiger partial charge in [-0.05, 0) is 24.6 Å². The van der Waals surface area contributed by atoms with E-state index in [4.69, 9.17) is 0 Å². The molecule has 1 atom stereocenters. The number of hydrogen-bond donors (Lipinski definition) is 1. The molecule has 0 radical (unpaired) electrons. The Hall–Kier alpha value is -3.13. The van der Waals surface area contributed by atoms with Crippen molar-refractivity contribution in [3.05, 3.63) is 70.5 Å². The molecule has 1 aromatic heterocycles. The highest BCUT2D eigenvalue weighted by Crippen LogP contribution is 2.24. The van der Waals surface area contributed by atoms with Crippen molar-refractivity contribution < 1.29 is 14.3 Å². The number of rotatable bonds is 7. The molecule has 0 unspecified atom stereocenters. The number of esters is 1. The summed E-state index contributed by atoms with van der Waals surface area (Å²) in [5.41, 5.74) is 1.37. The Balaban J connectivity index is 1.93. The van der Waals surface area contributed by atoms with E-state index in [0.29, 0.717) is 16.1 Å². The lowest BCUT2D eigenvalue weighted by Gasteiger charge is -2.20. The average Bonchev–Trinajstić information content (AvgIpc) is 2.76. The molecule has 29 heavy (non-hydrogen) atoms. The molecule has 0 spiro atoms. The lowest BCUT2D eigenvalue weighted by Crippen LogP contribution is -2.32. The summed E-state index contributed by atoms with van der Waals surface area (Å²) in [5.74, 6) is -0.855. The van der Waals surface area contributed by atoms with Gasteiger partial charge < -0.3 is 10.1 Å². The smallest absolute Gasteiger partial charge is 0.325 e.